The van der Waals surface area contributed by atoms with Gasteiger partial charge >= 0.3 is 0 Å². The molecule has 0 saturated heterocycles. The van der Waals surface area contributed by atoms with E-state index in [0.29, 0.717) is 0 Å². The van der Waals surface area contributed by atoms with Crippen LogP contribution in [0, 0.1) is 0 Å². The zero-order chi connectivity index (χ0) is 42.6. The summed E-state index contributed by atoms with van der Waals surface area (Å²) in [6.07, 6.45) is 0. The summed E-state index contributed by atoms with van der Waals surface area (Å²) in [6.45, 7) is 13.2. The Kier molecular flexibility index (Phi) is 10.5. The minimum absolute atomic E-state index is 0.0428. The summed E-state index contributed by atoms with van der Waals surface area (Å²) in [5.41, 5.74) is 6.52. The van der Waals surface area contributed by atoms with E-state index in [0.717, 1.165) is 74.3 Å². The van der Waals surface area contributed by atoms with Gasteiger partial charge in [-0.2, -0.15) is 0 Å². The minimum Gasteiger partial charge on any atom is -0.309 e. The van der Waals surface area contributed by atoms with Crippen molar-refractivity contribution in [2.75, 3.05) is 0 Å². The van der Waals surface area contributed by atoms with Gasteiger partial charge in [0.05, 0.1) is 0 Å². The van der Waals surface area contributed by atoms with Gasteiger partial charge in [0.25, 0.3) is 0 Å². The molecule has 0 aliphatic rings. The van der Waals surface area contributed by atoms with Crippen LogP contribution >= 0.6 is 25.6 Å². The van der Waals surface area contributed by atoms with Crippen LogP contribution in [-0.2, 0) is 20.0 Å². The van der Waals surface area contributed by atoms with Crippen molar-refractivity contribution in [3.05, 3.63) is 205 Å². The molecule has 2 atom stereocenters. The molecule has 0 spiro atoms. The molecule has 0 amide bonds. The Morgan fingerprint density at radius 2 is 0.656 bits per heavy atom. The third-order valence-corrected chi connectivity index (χ3v) is 19.2. The lowest BCUT2D eigenvalue weighted by molar-refractivity contribution is 0.589. The fraction of sp³-hybridized carbons (Fsp3) is 0.143. The molecule has 302 valence electrons. The lowest BCUT2D eigenvalue weighted by atomic mass is 9.87. The predicted octanol–water partition coefficient (Wildman–Crippen LogP) is 13.3. The van der Waals surface area contributed by atoms with Crippen molar-refractivity contribution in [3.8, 4) is 22.3 Å². The highest BCUT2D eigenvalue weighted by atomic mass is 32.1. The lowest BCUT2D eigenvalue weighted by Gasteiger charge is -2.24. The Morgan fingerprint density at radius 3 is 1.02 bits per heavy atom. The summed E-state index contributed by atoms with van der Waals surface area (Å²) in [5.74, 6) is 0. The van der Waals surface area contributed by atoms with Crippen LogP contribution in [0.5, 0.6) is 0 Å². The third-order valence-electron chi connectivity index (χ3n) is 12.0. The molecule has 0 N–H and O–H groups in total. The first kappa shape index (κ1) is 40.8. The number of hydrogen-bond donors (Lipinski definition) is 0. The molecule has 0 radical (unpaired) electrons. The maximum Gasteiger partial charge on any atom is 0.171 e. The average molecular weight is 849 g/mol. The molecule has 8 aromatic carbocycles. The van der Waals surface area contributed by atoms with Gasteiger partial charge < -0.3 is 9.13 Å². The molecule has 61 heavy (non-hydrogen) atoms. The van der Waals surface area contributed by atoms with Gasteiger partial charge in [-0.25, -0.2) is 0 Å². The highest BCUT2D eigenvalue weighted by molar-refractivity contribution is 7.85. The van der Waals surface area contributed by atoms with Gasteiger partial charge in [0.2, 0.25) is 0 Å². The van der Waals surface area contributed by atoms with Gasteiger partial charge in [-0.1, -0.05) is 187 Å². The highest BCUT2D eigenvalue weighted by Gasteiger charge is 2.33. The molecule has 0 bridgehead atoms. The number of hydrogen-bond acceptors (Lipinski definition) is 3. The zero-order valence-corrected chi connectivity index (χ0v) is 38.2. The number of benzene rings is 8. The SMILES string of the molecule is CC(C)(C)c1ccc(P(=O)(c2cccc(-c3ccccc3)c2)c2ccc3sc4ccc(P(=O)(c5ccc(C(C)(C)C)cc5)c5cccc(-c6ccccc6)c5)cc4c3c2)cc1. The van der Waals surface area contributed by atoms with Crippen molar-refractivity contribution in [2.45, 2.75) is 52.4 Å². The van der Waals surface area contributed by atoms with Crippen molar-refractivity contribution in [2.24, 2.45) is 0 Å². The van der Waals surface area contributed by atoms with Gasteiger partial charge in [-0.05, 0) is 92.7 Å². The Labute approximate surface area is 364 Å². The molecule has 0 saturated carbocycles. The highest BCUT2D eigenvalue weighted by Crippen LogP contribution is 2.48. The van der Waals surface area contributed by atoms with Crippen molar-refractivity contribution in [3.63, 3.8) is 0 Å². The quantitative estimate of drug-likeness (QED) is 0.143. The molecule has 0 aliphatic heterocycles. The van der Waals surface area contributed by atoms with E-state index in [-0.39, 0.29) is 10.8 Å². The first-order chi connectivity index (χ1) is 29.2. The standard InChI is InChI=1S/C56H50O2P2S/c1-55(2,3)43-23-27-45(28-24-43)59(57,47-21-13-19-41(35-47)39-15-9-7-10-16-39)49-31-33-53-51(37-49)52-38-50(32-34-54(52)61-53)60(58,46-29-25-44(26-30-46)56(4,5)6)48-22-14-20-42(36-48)40-17-11-8-12-18-40/h7-38H,1-6H3. The molecule has 9 rings (SSSR count). The van der Waals surface area contributed by atoms with E-state index in [1.165, 1.54) is 11.1 Å². The molecule has 0 aliphatic carbocycles. The second-order valence-electron chi connectivity index (χ2n) is 18.1. The normalized spacial score (nSPS) is 14.1. The van der Waals surface area contributed by atoms with E-state index in [9.17, 15) is 0 Å². The molecule has 1 aromatic heterocycles. The van der Waals surface area contributed by atoms with Crippen LogP contribution in [0.4, 0.5) is 0 Å². The second kappa shape index (κ2) is 15.7. The molecular formula is C56H50O2P2S. The Balaban J connectivity index is 1.24. The van der Waals surface area contributed by atoms with E-state index < -0.39 is 14.3 Å². The summed E-state index contributed by atoms with van der Waals surface area (Å²) < 4.78 is 34.7. The Bertz CT molecular complexity index is 2920. The molecular weight excluding hydrogens is 799 g/mol. The van der Waals surface area contributed by atoms with Gasteiger partial charge in [0.15, 0.2) is 14.3 Å². The maximum atomic E-state index is 16.3. The van der Waals surface area contributed by atoms with Crippen molar-refractivity contribution in [1.29, 1.82) is 0 Å². The largest absolute Gasteiger partial charge is 0.309 e. The average Bonchev–Trinajstić information content (AvgIpc) is 3.66. The fourth-order valence-electron chi connectivity index (χ4n) is 8.41. The van der Waals surface area contributed by atoms with E-state index in [1.807, 2.05) is 60.7 Å². The topological polar surface area (TPSA) is 34.1 Å². The van der Waals surface area contributed by atoms with E-state index in [2.05, 4.69) is 175 Å². The molecule has 2 unspecified atom stereocenters. The van der Waals surface area contributed by atoms with Crippen LogP contribution in [0.2, 0.25) is 0 Å². The third kappa shape index (κ3) is 7.59. The Hall–Kier alpha value is -5.56. The summed E-state index contributed by atoms with van der Waals surface area (Å²) in [7, 11) is -6.80. The molecule has 9 aromatic rings. The van der Waals surface area contributed by atoms with Crippen molar-refractivity contribution < 1.29 is 9.13 Å². The van der Waals surface area contributed by atoms with Crippen LogP contribution in [0.15, 0.2) is 194 Å². The van der Waals surface area contributed by atoms with E-state index in [1.54, 1.807) is 11.3 Å². The lowest BCUT2D eigenvalue weighted by Crippen LogP contribution is -2.26. The molecule has 5 heteroatoms. The van der Waals surface area contributed by atoms with Crippen molar-refractivity contribution in [1.82, 2.24) is 0 Å². The number of rotatable bonds is 8. The summed E-state index contributed by atoms with van der Waals surface area (Å²) >= 11 is 1.71. The van der Waals surface area contributed by atoms with Gasteiger partial charge in [-0.3, -0.25) is 0 Å². The van der Waals surface area contributed by atoms with Crippen LogP contribution in [-0.4, -0.2) is 0 Å². The fourth-order valence-corrected chi connectivity index (χ4v) is 14.8. The predicted molar refractivity (Wildman–Crippen MR) is 266 cm³/mol. The first-order valence-corrected chi connectivity index (χ1v) is 25.2. The molecule has 2 nitrogen and oxygen atoms in total. The molecule has 1 heterocycles. The number of fused-ring (bicyclic) bond motifs is 3. The van der Waals surface area contributed by atoms with Crippen molar-refractivity contribution >= 4 is 77.6 Å². The van der Waals surface area contributed by atoms with Crippen LogP contribution in [0.3, 0.4) is 0 Å². The molecule has 0 fully saturated rings. The van der Waals surface area contributed by atoms with E-state index in [4.69, 9.17) is 0 Å². The van der Waals surface area contributed by atoms with Gasteiger partial charge in [0, 0.05) is 52.0 Å². The first-order valence-electron chi connectivity index (χ1n) is 20.9. The number of thiophene rings is 1. The van der Waals surface area contributed by atoms with Crippen LogP contribution in [0.25, 0.3) is 42.4 Å². The summed E-state index contributed by atoms with van der Waals surface area (Å²) in [4.78, 5) is 0. The minimum atomic E-state index is -3.40. The van der Waals surface area contributed by atoms with Gasteiger partial charge in [-0.15, -0.1) is 11.3 Å². The van der Waals surface area contributed by atoms with Gasteiger partial charge in [0.1, 0.15) is 0 Å². The smallest absolute Gasteiger partial charge is 0.171 e. The maximum absolute atomic E-state index is 16.3. The summed E-state index contributed by atoms with van der Waals surface area (Å²) in [5, 5.41) is 6.75. The van der Waals surface area contributed by atoms with Crippen LogP contribution in [0.1, 0.15) is 52.7 Å². The monoisotopic (exact) mass is 848 g/mol. The van der Waals surface area contributed by atoms with Crippen LogP contribution < -0.4 is 31.8 Å². The zero-order valence-electron chi connectivity index (χ0n) is 35.6. The Morgan fingerprint density at radius 1 is 0.328 bits per heavy atom. The van der Waals surface area contributed by atoms with E-state index >= 15 is 9.13 Å². The second-order valence-corrected chi connectivity index (χ2v) is 24.7. The summed E-state index contributed by atoms with van der Waals surface area (Å²) in [6, 6.07) is 66.5.